The monoisotopic (exact) mass is 376 g/mol. The summed E-state index contributed by atoms with van der Waals surface area (Å²) in [6, 6.07) is 27.4. The molecule has 0 radical (unpaired) electrons. The molecule has 1 N–H and O–H groups in total. The Labute approximate surface area is 159 Å². The van der Waals surface area contributed by atoms with Crippen LogP contribution in [0.1, 0.15) is 5.56 Å². The SMILES string of the molecule is CS(=O)(=O)n1c(NCc2ccccc2)c(-c2ccccc2)c2ccccc21. The van der Waals surface area contributed by atoms with Crippen LogP contribution in [0.2, 0.25) is 0 Å². The van der Waals surface area contributed by atoms with E-state index in [1.165, 1.54) is 10.2 Å². The fourth-order valence-corrected chi connectivity index (χ4v) is 4.40. The van der Waals surface area contributed by atoms with E-state index in [0.717, 1.165) is 22.1 Å². The Bertz CT molecular complexity index is 1180. The zero-order chi connectivity index (χ0) is 18.9. The predicted octanol–water partition coefficient (Wildman–Crippen LogP) is 4.73. The van der Waals surface area contributed by atoms with Gasteiger partial charge in [-0.25, -0.2) is 12.4 Å². The van der Waals surface area contributed by atoms with E-state index >= 15 is 0 Å². The van der Waals surface area contributed by atoms with Crippen molar-refractivity contribution in [2.24, 2.45) is 0 Å². The fraction of sp³-hybridized carbons (Fsp3) is 0.0909. The Morgan fingerprint density at radius 2 is 1.41 bits per heavy atom. The molecule has 3 aromatic carbocycles. The number of rotatable bonds is 5. The Kier molecular flexibility index (Phi) is 4.46. The molecule has 27 heavy (non-hydrogen) atoms. The Morgan fingerprint density at radius 1 is 0.815 bits per heavy atom. The first-order valence-corrected chi connectivity index (χ1v) is 10.6. The average molecular weight is 376 g/mol. The molecule has 0 fully saturated rings. The van der Waals surface area contributed by atoms with E-state index in [9.17, 15) is 8.42 Å². The van der Waals surface area contributed by atoms with E-state index in [1.807, 2.05) is 84.9 Å². The standard InChI is InChI=1S/C22H20N2O2S/c1-27(25,26)24-20-15-9-8-14-19(20)21(18-12-6-3-7-13-18)22(24)23-16-17-10-4-2-5-11-17/h2-15,23H,16H2,1H3. The smallest absolute Gasteiger partial charge is 0.237 e. The lowest BCUT2D eigenvalue weighted by Gasteiger charge is -2.13. The summed E-state index contributed by atoms with van der Waals surface area (Å²) >= 11 is 0. The van der Waals surface area contributed by atoms with E-state index < -0.39 is 10.0 Å². The van der Waals surface area contributed by atoms with Gasteiger partial charge in [0.1, 0.15) is 5.82 Å². The average Bonchev–Trinajstić information content (AvgIpc) is 3.02. The molecule has 5 heteroatoms. The van der Waals surface area contributed by atoms with Crippen LogP contribution < -0.4 is 5.32 Å². The van der Waals surface area contributed by atoms with Crippen LogP contribution in [0.4, 0.5) is 5.82 Å². The molecule has 0 aliphatic rings. The molecule has 0 spiro atoms. The van der Waals surface area contributed by atoms with Crippen molar-refractivity contribution < 1.29 is 8.42 Å². The largest absolute Gasteiger partial charge is 0.366 e. The van der Waals surface area contributed by atoms with E-state index in [-0.39, 0.29) is 0 Å². The molecule has 0 unspecified atom stereocenters. The molecule has 0 saturated carbocycles. The lowest BCUT2D eigenvalue weighted by Crippen LogP contribution is -2.14. The van der Waals surface area contributed by atoms with Gasteiger partial charge in [-0.3, -0.25) is 0 Å². The highest BCUT2D eigenvalue weighted by Gasteiger charge is 2.23. The number of hydrogen-bond donors (Lipinski definition) is 1. The molecule has 4 aromatic rings. The van der Waals surface area contributed by atoms with Crippen molar-refractivity contribution in [1.29, 1.82) is 0 Å². The van der Waals surface area contributed by atoms with Gasteiger partial charge in [0.25, 0.3) is 0 Å². The highest BCUT2D eigenvalue weighted by Crippen LogP contribution is 2.39. The summed E-state index contributed by atoms with van der Waals surface area (Å²) in [7, 11) is -3.50. The zero-order valence-corrected chi connectivity index (χ0v) is 15.8. The summed E-state index contributed by atoms with van der Waals surface area (Å²) < 4.78 is 26.7. The molecular weight excluding hydrogens is 356 g/mol. The molecule has 0 amide bonds. The number of para-hydroxylation sites is 1. The van der Waals surface area contributed by atoms with Crippen molar-refractivity contribution in [1.82, 2.24) is 3.97 Å². The quantitative estimate of drug-likeness (QED) is 0.548. The van der Waals surface area contributed by atoms with Crippen LogP contribution in [0.5, 0.6) is 0 Å². The number of anilines is 1. The Morgan fingerprint density at radius 3 is 2.07 bits per heavy atom. The molecule has 136 valence electrons. The molecule has 0 aliphatic carbocycles. The van der Waals surface area contributed by atoms with E-state index in [1.54, 1.807) is 0 Å². The number of fused-ring (bicyclic) bond motifs is 1. The van der Waals surface area contributed by atoms with Crippen LogP contribution in [0, 0.1) is 0 Å². The first-order valence-electron chi connectivity index (χ1n) is 8.73. The van der Waals surface area contributed by atoms with Gasteiger partial charge >= 0.3 is 0 Å². The second kappa shape index (κ2) is 6.93. The minimum Gasteiger partial charge on any atom is -0.366 e. The summed E-state index contributed by atoms with van der Waals surface area (Å²) in [5, 5.41) is 4.28. The molecule has 4 rings (SSSR count). The van der Waals surface area contributed by atoms with Crippen molar-refractivity contribution in [3.05, 3.63) is 90.5 Å². The van der Waals surface area contributed by atoms with Crippen molar-refractivity contribution >= 4 is 26.7 Å². The van der Waals surface area contributed by atoms with Crippen molar-refractivity contribution in [3.8, 4) is 11.1 Å². The van der Waals surface area contributed by atoms with Crippen molar-refractivity contribution in [2.45, 2.75) is 6.54 Å². The van der Waals surface area contributed by atoms with E-state index in [0.29, 0.717) is 17.9 Å². The maximum Gasteiger partial charge on any atom is 0.237 e. The third-order valence-corrected chi connectivity index (χ3v) is 5.57. The molecule has 1 heterocycles. The second-order valence-electron chi connectivity index (χ2n) is 6.47. The molecule has 4 nitrogen and oxygen atoms in total. The summed E-state index contributed by atoms with van der Waals surface area (Å²) in [4.78, 5) is 0. The van der Waals surface area contributed by atoms with Gasteiger partial charge in [0, 0.05) is 17.5 Å². The lowest BCUT2D eigenvalue weighted by molar-refractivity contribution is 0.595. The van der Waals surface area contributed by atoms with E-state index in [4.69, 9.17) is 0 Å². The van der Waals surface area contributed by atoms with Gasteiger partial charge in [0.2, 0.25) is 10.0 Å². The van der Waals surface area contributed by atoms with Gasteiger partial charge in [-0.15, -0.1) is 0 Å². The maximum absolute atomic E-state index is 12.6. The number of aromatic nitrogens is 1. The highest BCUT2D eigenvalue weighted by atomic mass is 32.2. The Hall–Kier alpha value is -3.05. The fourth-order valence-electron chi connectivity index (χ4n) is 3.40. The molecule has 0 saturated heterocycles. The number of nitrogens with zero attached hydrogens (tertiary/aromatic N) is 1. The molecule has 1 aromatic heterocycles. The van der Waals surface area contributed by atoms with Gasteiger partial charge in [-0.2, -0.15) is 0 Å². The number of benzene rings is 3. The molecule has 0 aliphatic heterocycles. The van der Waals surface area contributed by atoms with Gasteiger partial charge in [-0.1, -0.05) is 78.9 Å². The third-order valence-electron chi connectivity index (χ3n) is 4.53. The van der Waals surface area contributed by atoms with Crippen LogP contribution in [-0.2, 0) is 16.6 Å². The van der Waals surface area contributed by atoms with Crippen LogP contribution in [-0.4, -0.2) is 18.6 Å². The van der Waals surface area contributed by atoms with Crippen LogP contribution in [0.3, 0.4) is 0 Å². The van der Waals surface area contributed by atoms with Gasteiger partial charge in [-0.05, 0) is 17.2 Å². The summed E-state index contributed by atoms with van der Waals surface area (Å²) in [6.45, 7) is 0.534. The predicted molar refractivity (Wildman–Crippen MR) is 111 cm³/mol. The molecule has 0 atom stereocenters. The normalized spacial score (nSPS) is 11.6. The first-order chi connectivity index (χ1) is 13.1. The topological polar surface area (TPSA) is 51.1 Å². The van der Waals surface area contributed by atoms with E-state index in [2.05, 4.69) is 5.32 Å². The van der Waals surface area contributed by atoms with Gasteiger partial charge in [0.15, 0.2) is 0 Å². The molecular formula is C22H20N2O2S. The minimum atomic E-state index is -3.50. The minimum absolute atomic E-state index is 0.534. The van der Waals surface area contributed by atoms with Crippen molar-refractivity contribution in [3.63, 3.8) is 0 Å². The van der Waals surface area contributed by atoms with Crippen LogP contribution in [0.15, 0.2) is 84.9 Å². The zero-order valence-electron chi connectivity index (χ0n) is 15.0. The first kappa shape index (κ1) is 17.4. The van der Waals surface area contributed by atoms with Crippen LogP contribution >= 0.6 is 0 Å². The van der Waals surface area contributed by atoms with Gasteiger partial charge in [0.05, 0.1) is 11.8 Å². The number of nitrogens with one attached hydrogen (secondary N) is 1. The highest BCUT2D eigenvalue weighted by molar-refractivity contribution is 7.89. The van der Waals surface area contributed by atoms with Crippen LogP contribution in [0.25, 0.3) is 22.0 Å². The Balaban J connectivity index is 1.96. The second-order valence-corrected chi connectivity index (χ2v) is 8.30. The lowest BCUT2D eigenvalue weighted by atomic mass is 10.0. The number of hydrogen-bond acceptors (Lipinski definition) is 3. The summed E-state index contributed by atoms with van der Waals surface area (Å²) in [5.41, 5.74) is 3.63. The van der Waals surface area contributed by atoms with Gasteiger partial charge < -0.3 is 5.32 Å². The third kappa shape index (κ3) is 3.34. The van der Waals surface area contributed by atoms with Crippen molar-refractivity contribution in [2.75, 3.05) is 11.6 Å². The summed E-state index contributed by atoms with van der Waals surface area (Å²) in [5.74, 6) is 0.591. The summed E-state index contributed by atoms with van der Waals surface area (Å²) in [6.07, 6.45) is 1.24. The maximum atomic E-state index is 12.6. The molecule has 0 bridgehead atoms.